The monoisotopic (exact) mass is 281 g/mol. The summed E-state index contributed by atoms with van der Waals surface area (Å²) in [5, 5.41) is 15.1. The lowest BCUT2D eigenvalue weighted by Crippen LogP contribution is -2.22. The molecule has 1 aliphatic heterocycles. The van der Waals surface area contributed by atoms with Gasteiger partial charge in [0.25, 0.3) is 0 Å². The average molecular weight is 281 g/mol. The van der Waals surface area contributed by atoms with Gasteiger partial charge in [-0.3, -0.25) is 5.43 Å². The van der Waals surface area contributed by atoms with E-state index in [0.29, 0.717) is 6.61 Å². The van der Waals surface area contributed by atoms with E-state index in [-0.39, 0.29) is 5.56 Å². The van der Waals surface area contributed by atoms with E-state index < -0.39 is 5.97 Å². The van der Waals surface area contributed by atoms with E-state index in [4.69, 9.17) is 4.74 Å². The minimum atomic E-state index is -1.19. The van der Waals surface area contributed by atoms with Crippen molar-refractivity contribution in [2.45, 2.75) is 6.42 Å². The number of hydrazone groups is 1. The number of ether oxygens (including phenoxy) is 1. The third-order valence-electron chi connectivity index (χ3n) is 3.23. The molecular formula is C16H13N2O3-. The molecule has 21 heavy (non-hydrogen) atoms. The van der Waals surface area contributed by atoms with E-state index in [1.165, 1.54) is 12.1 Å². The molecule has 0 atom stereocenters. The SMILES string of the molecule is O=C([O-])c1ccc(NN=C2CCOc3ccccc32)cc1. The lowest BCUT2D eigenvalue weighted by Gasteiger charge is -2.18. The van der Waals surface area contributed by atoms with E-state index in [1.807, 2.05) is 24.3 Å². The number of carbonyl (C=O) groups is 1. The van der Waals surface area contributed by atoms with Crippen LogP contribution in [0.2, 0.25) is 0 Å². The second kappa shape index (κ2) is 5.66. The molecule has 1 aliphatic rings. The highest BCUT2D eigenvalue weighted by Crippen LogP contribution is 2.24. The molecule has 0 bridgehead atoms. The number of nitrogens with one attached hydrogen (secondary N) is 1. The number of hydrogen-bond acceptors (Lipinski definition) is 5. The first-order valence-electron chi connectivity index (χ1n) is 6.60. The second-order valence-corrected chi connectivity index (χ2v) is 4.63. The molecule has 1 N–H and O–H groups in total. The Hall–Kier alpha value is -2.82. The fraction of sp³-hybridized carbons (Fsp3) is 0.125. The number of nitrogens with zero attached hydrogens (tertiary/aromatic N) is 1. The second-order valence-electron chi connectivity index (χ2n) is 4.63. The fourth-order valence-electron chi connectivity index (χ4n) is 2.15. The number of para-hydroxylation sites is 1. The zero-order valence-corrected chi connectivity index (χ0v) is 11.2. The highest BCUT2D eigenvalue weighted by Gasteiger charge is 2.15. The number of fused-ring (bicyclic) bond motifs is 1. The number of anilines is 1. The highest BCUT2D eigenvalue weighted by molar-refractivity contribution is 6.04. The van der Waals surface area contributed by atoms with E-state index in [0.717, 1.165) is 29.1 Å². The van der Waals surface area contributed by atoms with Gasteiger partial charge in [0.05, 0.1) is 24.0 Å². The van der Waals surface area contributed by atoms with Crippen LogP contribution in [-0.4, -0.2) is 18.3 Å². The largest absolute Gasteiger partial charge is 0.545 e. The van der Waals surface area contributed by atoms with Crippen LogP contribution in [0.3, 0.4) is 0 Å². The summed E-state index contributed by atoms with van der Waals surface area (Å²) in [5.74, 6) is -0.359. The smallest absolute Gasteiger partial charge is 0.128 e. The van der Waals surface area contributed by atoms with Crippen molar-refractivity contribution >= 4 is 17.4 Å². The molecule has 0 unspecified atom stereocenters. The number of carboxylic acids is 1. The Morgan fingerprint density at radius 1 is 1.14 bits per heavy atom. The van der Waals surface area contributed by atoms with E-state index in [1.54, 1.807) is 12.1 Å². The topological polar surface area (TPSA) is 73.8 Å². The van der Waals surface area contributed by atoms with Crippen molar-refractivity contribution in [1.82, 2.24) is 0 Å². The third-order valence-corrected chi connectivity index (χ3v) is 3.23. The molecule has 0 saturated carbocycles. The van der Waals surface area contributed by atoms with Gasteiger partial charge in [0.2, 0.25) is 0 Å². The minimum absolute atomic E-state index is 0.143. The standard InChI is InChI=1S/C16H14N2O3/c19-16(20)11-5-7-12(8-6-11)17-18-14-9-10-21-15-4-2-1-3-13(14)15/h1-8,17H,9-10H2,(H,19,20)/p-1. The molecule has 1 heterocycles. The van der Waals surface area contributed by atoms with Gasteiger partial charge < -0.3 is 14.6 Å². The average Bonchev–Trinajstić information content (AvgIpc) is 2.53. The van der Waals surface area contributed by atoms with Crippen LogP contribution < -0.4 is 15.3 Å². The zero-order chi connectivity index (χ0) is 14.7. The van der Waals surface area contributed by atoms with E-state index >= 15 is 0 Å². The summed E-state index contributed by atoms with van der Waals surface area (Å²) in [7, 11) is 0. The van der Waals surface area contributed by atoms with Crippen LogP contribution in [-0.2, 0) is 0 Å². The Bertz CT molecular complexity index is 693. The first-order valence-corrected chi connectivity index (χ1v) is 6.60. The quantitative estimate of drug-likeness (QED) is 0.868. The van der Waals surface area contributed by atoms with E-state index in [2.05, 4.69) is 10.5 Å². The van der Waals surface area contributed by atoms with Gasteiger partial charge in [-0.1, -0.05) is 24.3 Å². The van der Waals surface area contributed by atoms with Crippen molar-refractivity contribution in [3.63, 3.8) is 0 Å². The zero-order valence-electron chi connectivity index (χ0n) is 11.2. The number of carbonyl (C=O) groups excluding carboxylic acids is 1. The van der Waals surface area contributed by atoms with Gasteiger partial charge in [0.1, 0.15) is 5.75 Å². The van der Waals surface area contributed by atoms with Crippen molar-refractivity contribution in [1.29, 1.82) is 0 Å². The van der Waals surface area contributed by atoms with Gasteiger partial charge in [-0.05, 0) is 29.8 Å². The third kappa shape index (κ3) is 2.86. The summed E-state index contributed by atoms with van der Waals surface area (Å²) in [4.78, 5) is 10.7. The Kier molecular flexibility index (Phi) is 3.55. The molecule has 2 aromatic rings. The number of aromatic carboxylic acids is 1. The molecule has 106 valence electrons. The minimum Gasteiger partial charge on any atom is -0.545 e. The Morgan fingerprint density at radius 2 is 1.90 bits per heavy atom. The molecule has 0 amide bonds. The normalized spacial score (nSPS) is 15.1. The van der Waals surface area contributed by atoms with Crippen molar-refractivity contribution in [2.24, 2.45) is 5.10 Å². The number of benzene rings is 2. The maximum Gasteiger partial charge on any atom is 0.128 e. The number of hydrogen-bond donors (Lipinski definition) is 1. The van der Waals surface area contributed by atoms with Crippen molar-refractivity contribution < 1.29 is 14.6 Å². The summed E-state index contributed by atoms with van der Waals surface area (Å²) in [6.07, 6.45) is 0.723. The van der Waals surface area contributed by atoms with Crippen LogP contribution in [0.5, 0.6) is 5.75 Å². The van der Waals surface area contributed by atoms with Gasteiger partial charge in [-0.15, -0.1) is 0 Å². The molecule has 0 aliphatic carbocycles. The molecule has 3 rings (SSSR count). The summed E-state index contributed by atoms with van der Waals surface area (Å²) in [6.45, 7) is 0.598. The van der Waals surface area contributed by atoms with Crippen LogP contribution in [0.1, 0.15) is 22.3 Å². The predicted molar refractivity (Wildman–Crippen MR) is 77.5 cm³/mol. The number of rotatable bonds is 3. The molecule has 0 radical (unpaired) electrons. The van der Waals surface area contributed by atoms with Crippen molar-refractivity contribution in [3.8, 4) is 5.75 Å². The molecule has 5 heteroatoms. The summed E-state index contributed by atoms with van der Waals surface area (Å²) in [5.41, 5.74) is 5.69. The molecule has 0 fully saturated rings. The Labute approximate surface area is 121 Å². The molecule has 0 spiro atoms. The van der Waals surface area contributed by atoms with Crippen molar-refractivity contribution in [3.05, 3.63) is 59.7 Å². The number of carboxylic acid groups (broad SMARTS) is 1. The molecule has 5 nitrogen and oxygen atoms in total. The van der Waals surface area contributed by atoms with Crippen LogP contribution >= 0.6 is 0 Å². The van der Waals surface area contributed by atoms with Crippen LogP contribution in [0.4, 0.5) is 5.69 Å². The summed E-state index contributed by atoms with van der Waals surface area (Å²) < 4.78 is 5.57. The van der Waals surface area contributed by atoms with Crippen LogP contribution in [0.25, 0.3) is 0 Å². The fourth-order valence-corrected chi connectivity index (χ4v) is 2.15. The van der Waals surface area contributed by atoms with E-state index in [9.17, 15) is 9.90 Å². The van der Waals surface area contributed by atoms with Gasteiger partial charge in [-0.25, -0.2) is 0 Å². The van der Waals surface area contributed by atoms with Gasteiger partial charge in [0.15, 0.2) is 0 Å². The lowest BCUT2D eigenvalue weighted by molar-refractivity contribution is -0.255. The van der Waals surface area contributed by atoms with Crippen molar-refractivity contribution in [2.75, 3.05) is 12.0 Å². The van der Waals surface area contributed by atoms with Gasteiger partial charge >= 0.3 is 0 Å². The summed E-state index contributed by atoms with van der Waals surface area (Å²) in [6, 6.07) is 14.0. The maximum absolute atomic E-state index is 10.7. The lowest BCUT2D eigenvalue weighted by atomic mass is 10.0. The Morgan fingerprint density at radius 3 is 2.67 bits per heavy atom. The predicted octanol–water partition coefficient (Wildman–Crippen LogP) is 1.65. The van der Waals surface area contributed by atoms with Crippen LogP contribution in [0.15, 0.2) is 53.6 Å². The first kappa shape index (κ1) is 13.2. The molecular weight excluding hydrogens is 268 g/mol. The summed E-state index contributed by atoms with van der Waals surface area (Å²) >= 11 is 0. The molecule has 0 saturated heterocycles. The maximum atomic E-state index is 10.7. The van der Waals surface area contributed by atoms with Gasteiger partial charge in [0, 0.05) is 12.0 Å². The molecule has 0 aromatic heterocycles. The van der Waals surface area contributed by atoms with Gasteiger partial charge in [-0.2, -0.15) is 5.10 Å². The molecule has 2 aromatic carbocycles. The van der Waals surface area contributed by atoms with Crippen LogP contribution in [0, 0.1) is 0 Å². The Balaban J connectivity index is 1.79. The highest BCUT2D eigenvalue weighted by atomic mass is 16.5. The first-order chi connectivity index (χ1) is 10.2.